The fraction of sp³-hybridized carbons (Fsp3) is 0.714. The summed E-state index contributed by atoms with van der Waals surface area (Å²) in [6.45, 7) is 4.84. The first kappa shape index (κ1) is 21.9. The predicted molar refractivity (Wildman–Crippen MR) is 123 cm³/mol. The molecular formula is C28H41FO. The van der Waals surface area contributed by atoms with Gasteiger partial charge in [-0.3, -0.25) is 0 Å². The fourth-order valence-electron chi connectivity index (χ4n) is 6.89. The van der Waals surface area contributed by atoms with Crippen molar-refractivity contribution < 1.29 is 9.13 Å². The lowest BCUT2D eigenvalue weighted by atomic mass is 9.60. The Labute approximate surface area is 183 Å². The third-order valence-corrected chi connectivity index (χ3v) is 8.77. The minimum atomic E-state index is -0.0791. The van der Waals surface area contributed by atoms with Crippen LogP contribution >= 0.6 is 0 Å². The lowest BCUT2D eigenvalue weighted by Crippen LogP contribution is -2.34. The summed E-state index contributed by atoms with van der Waals surface area (Å²) in [5, 5.41) is 0. The molecule has 3 fully saturated rings. The number of ether oxygens (including phenoxy) is 1. The first-order valence-electron chi connectivity index (χ1n) is 12.7. The van der Waals surface area contributed by atoms with Gasteiger partial charge in [-0.2, -0.15) is 0 Å². The highest BCUT2D eigenvalue weighted by molar-refractivity contribution is 5.31. The topological polar surface area (TPSA) is 9.23 Å². The van der Waals surface area contributed by atoms with E-state index >= 15 is 0 Å². The summed E-state index contributed by atoms with van der Waals surface area (Å²) in [6, 6.07) is 5.50. The second kappa shape index (κ2) is 10.3. The molecule has 4 unspecified atom stereocenters. The molecule has 0 aromatic heterocycles. The molecule has 1 aromatic carbocycles. The molecule has 1 aromatic rings. The van der Waals surface area contributed by atoms with Crippen molar-refractivity contribution in [3.8, 4) is 5.75 Å². The molecular weight excluding hydrogens is 371 g/mol. The first-order chi connectivity index (χ1) is 14.7. The van der Waals surface area contributed by atoms with Gasteiger partial charge in [0, 0.05) is 6.07 Å². The molecule has 3 aliphatic rings. The zero-order chi connectivity index (χ0) is 20.9. The summed E-state index contributed by atoms with van der Waals surface area (Å²) in [4.78, 5) is 0. The number of hydrogen-bond acceptors (Lipinski definition) is 1. The summed E-state index contributed by atoms with van der Waals surface area (Å²) >= 11 is 0. The molecule has 3 saturated carbocycles. The maximum atomic E-state index is 14.7. The van der Waals surface area contributed by atoms with E-state index < -0.39 is 0 Å². The summed E-state index contributed by atoms with van der Waals surface area (Å²) in [7, 11) is 0. The molecule has 166 valence electrons. The predicted octanol–water partition coefficient (Wildman–Crippen LogP) is 8.30. The second-order valence-corrected chi connectivity index (χ2v) is 10.4. The van der Waals surface area contributed by atoms with Crippen LogP contribution in [0.5, 0.6) is 5.75 Å². The summed E-state index contributed by atoms with van der Waals surface area (Å²) in [6.07, 6.45) is 19.1. The Morgan fingerprint density at radius 1 is 0.900 bits per heavy atom. The SMILES string of the molecule is C/C=C/COc1ccc(C2CCC(C3CCC4CC(CC)CCC4C3)CC2)c(F)c1. The van der Waals surface area contributed by atoms with Crippen LogP contribution in [-0.2, 0) is 0 Å². The quantitative estimate of drug-likeness (QED) is 0.427. The standard InChI is InChI=1S/C28H41FO/c1-3-5-16-30-26-14-15-27(28(29)19-26)22-10-8-21(9-11-22)24-13-12-23-17-20(4-2)6-7-25(23)18-24/h3,5,14-15,19-25H,4,6-13,16-18H2,1-2H3/b5-3+. The monoisotopic (exact) mass is 412 g/mol. The number of allylic oxidation sites excluding steroid dienone is 1. The third kappa shape index (κ3) is 5.11. The van der Waals surface area contributed by atoms with E-state index in [-0.39, 0.29) is 5.82 Å². The largest absolute Gasteiger partial charge is 0.489 e. The lowest BCUT2D eigenvalue weighted by Gasteiger charge is -2.45. The van der Waals surface area contributed by atoms with E-state index in [4.69, 9.17) is 4.74 Å². The molecule has 0 bridgehead atoms. The van der Waals surface area contributed by atoms with Gasteiger partial charge in [0.2, 0.25) is 0 Å². The van der Waals surface area contributed by atoms with Crippen LogP contribution in [0.15, 0.2) is 30.4 Å². The molecule has 2 heteroatoms. The molecule has 3 aliphatic carbocycles. The normalized spacial score (nSPS) is 34.6. The molecule has 0 amide bonds. The van der Waals surface area contributed by atoms with Gasteiger partial charge in [-0.25, -0.2) is 4.39 Å². The van der Waals surface area contributed by atoms with Crippen molar-refractivity contribution >= 4 is 0 Å². The van der Waals surface area contributed by atoms with Crippen molar-refractivity contribution in [3.63, 3.8) is 0 Å². The minimum absolute atomic E-state index is 0.0791. The minimum Gasteiger partial charge on any atom is -0.489 e. The highest BCUT2D eigenvalue weighted by atomic mass is 19.1. The van der Waals surface area contributed by atoms with Crippen LogP contribution in [0.1, 0.15) is 96.0 Å². The lowest BCUT2D eigenvalue weighted by molar-refractivity contribution is 0.0628. The highest BCUT2D eigenvalue weighted by Crippen LogP contribution is 2.50. The van der Waals surface area contributed by atoms with E-state index in [2.05, 4.69) is 6.92 Å². The van der Waals surface area contributed by atoms with E-state index in [0.29, 0.717) is 18.3 Å². The van der Waals surface area contributed by atoms with Crippen LogP contribution in [0.25, 0.3) is 0 Å². The average molecular weight is 413 g/mol. The van der Waals surface area contributed by atoms with Crippen LogP contribution in [0.2, 0.25) is 0 Å². The van der Waals surface area contributed by atoms with Gasteiger partial charge in [0.25, 0.3) is 0 Å². The van der Waals surface area contributed by atoms with Crippen molar-refractivity contribution in [2.45, 2.75) is 90.4 Å². The van der Waals surface area contributed by atoms with Gasteiger partial charge in [0.1, 0.15) is 18.2 Å². The van der Waals surface area contributed by atoms with Crippen molar-refractivity contribution in [1.29, 1.82) is 0 Å². The number of halogens is 1. The molecule has 30 heavy (non-hydrogen) atoms. The Balaban J connectivity index is 1.28. The molecule has 0 heterocycles. The zero-order valence-corrected chi connectivity index (χ0v) is 19.1. The maximum Gasteiger partial charge on any atom is 0.130 e. The maximum absolute atomic E-state index is 14.7. The summed E-state index contributed by atoms with van der Waals surface area (Å²) in [5.74, 6) is 5.82. The molecule has 0 N–H and O–H groups in total. The van der Waals surface area contributed by atoms with Crippen molar-refractivity contribution in [1.82, 2.24) is 0 Å². The number of hydrogen-bond donors (Lipinski definition) is 0. The fourth-order valence-corrected chi connectivity index (χ4v) is 6.89. The van der Waals surface area contributed by atoms with Gasteiger partial charge in [-0.1, -0.05) is 38.0 Å². The van der Waals surface area contributed by atoms with Crippen LogP contribution < -0.4 is 4.74 Å². The molecule has 4 rings (SSSR count). The summed E-state index contributed by atoms with van der Waals surface area (Å²) in [5.41, 5.74) is 0.911. The molecule has 0 saturated heterocycles. The Morgan fingerprint density at radius 2 is 1.57 bits per heavy atom. The van der Waals surface area contributed by atoms with Gasteiger partial charge >= 0.3 is 0 Å². The van der Waals surface area contributed by atoms with Gasteiger partial charge < -0.3 is 4.74 Å². The molecule has 0 aliphatic heterocycles. The van der Waals surface area contributed by atoms with E-state index in [1.54, 1.807) is 6.07 Å². The number of fused-ring (bicyclic) bond motifs is 1. The highest BCUT2D eigenvalue weighted by Gasteiger charge is 2.38. The smallest absolute Gasteiger partial charge is 0.130 e. The van der Waals surface area contributed by atoms with Crippen LogP contribution in [0.4, 0.5) is 4.39 Å². The zero-order valence-electron chi connectivity index (χ0n) is 19.1. The van der Waals surface area contributed by atoms with E-state index in [9.17, 15) is 4.39 Å². The van der Waals surface area contributed by atoms with Crippen molar-refractivity contribution in [2.24, 2.45) is 29.6 Å². The molecule has 4 atom stereocenters. The van der Waals surface area contributed by atoms with Crippen LogP contribution in [0.3, 0.4) is 0 Å². The molecule has 0 radical (unpaired) electrons. The Hall–Kier alpha value is -1.31. The second-order valence-electron chi connectivity index (χ2n) is 10.4. The first-order valence-corrected chi connectivity index (χ1v) is 12.7. The van der Waals surface area contributed by atoms with E-state index in [1.165, 1.54) is 57.8 Å². The average Bonchev–Trinajstić information content (AvgIpc) is 2.79. The Kier molecular flexibility index (Phi) is 7.55. The molecule has 1 nitrogen and oxygen atoms in total. The Morgan fingerprint density at radius 3 is 2.27 bits per heavy atom. The van der Waals surface area contributed by atoms with Crippen LogP contribution in [-0.4, -0.2) is 6.61 Å². The van der Waals surface area contributed by atoms with Gasteiger partial charge in [0.15, 0.2) is 0 Å². The number of rotatable bonds is 6. The van der Waals surface area contributed by atoms with Crippen molar-refractivity contribution in [2.75, 3.05) is 6.61 Å². The molecule has 0 spiro atoms. The van der Waals surface area contributed by atoms with E-state index in [1.807, 2.05) is 31.2 Å². The van der Waals surface area contributed by atoms with Gasteiger partial charge in [-0.05, 0) is 112 Å². The van der Waals surface area contributed by atoms with Gasteiger partial charge in [-0.15, -0.1) is 0 Å². The van der Waals surface area contributed by atoms with E-state index in [0.717, 1.165) is 48.0 Å². The summed E-state index contributed by atoms with van der Waals surface area (Å²) < 4.78 is 20.3. The Bertz CT molecular complexity index is 703. The van der Waals surface area contributed by atoms with Crippen LogP contribution in [0, 0.1) is 35.4 Å². The number of benzene rings is 1. The van der Waals surface area contributed by atoms with Crippen molar-refractivity contribution in [3.05, 3.63) is 41.7 Å². The third-order valence-electron chi connectivity index (χ3n) is 8.77. The van der Waals surface area contributed by atoms with Gasteiger partial charge in [0.05, 0.1) is 0 Å².